The van der Waals surface area contributed by atoms with Crippen molar-refractivity contribution in [2.75, 3.05) is 0 Å². The lowest BCUT2D eigenvalue weighted by Gasteiger charge is -2.20. The van der Waals surface area contributed by atoms with Crippen LogP contribution in [0.4, 0.5) is 0 Å². The molecule has 1 aromatic heterocycles. The second-order valence-electron chi connectivity index (χ2n) is 5.90. The lowest BCUT2D eigenvalue weighted by atomic mass is 10.1. The van der Waals surface area contributed by atoms with E-state index < -0.39 is 0 Å². The van der Waals surface area contributed by atoms with Crippen LogP contribution in [0.3, 0.4) is 0 Å². The molecule has 0 unspecified atom stereocenters. The summed E-state index contributed by atoms with van der Waals surface area (Å²) in [5.41, 5.74) is 2.47. The summed E-state index contributed by atoms with van der Waals surface area (Å²) in [7, 11) is 0. The summed E-state index contributed by atoms with van der Waals surface area (Å²) in [6.45, 7) is 7.90. The molecule has 20 heavy (non-hydrogen) atoms. The SMILES string of the molecule is CC(C)(C)NCc1cccc(OCc2ccncc2)c1. The van der Waals surface area contributed by atoms with E-state index in [1.807, 2.05) is 24.3 Å². The third kappa shape index (κ3) is 5.02. The molecule has 3 nitrogen and oxygen atoms in total. The highest BCUT2D eigenvalue weighted by Gasteiger charge is 2.08. The summed E-state index contributed by atoms with van der Waals surface area (Å²) in [6, 6.07) is 12.1. The van der Waals surface area contributed by atoms with Crippen LogP contribution in [0.5, 0.6) is 5.75 Å². The zero-order valence-corrected chi connectivity index (χ0v) is 12.4. The molecule has 0 amide bonds. The summed E-state index contributed by atoms with van der Waals surface area (Å²) >= 11 is 0. The van der Waals surface area contributed by atoms with Crippen LogP contribution in [-0.2, 0) is 13.2 Å². The average Bonchev–Trinajstić information content (AvgIpc) is 2.44. The molecule has 1 aromatic carbocycles. The minimum atomic E-state index is 0.119. The molecule has 0 bridgehead atoms. The summed E-state index contributed by atoms with van der Waals surface area (Å²) < 4.78 is 5.81. The summed E-state index contributed by atoms with van der Waals surface area (Å²) in [5, 5.41) is 3.48. The summed E-state index contributed by atoms with van der Waals surface area (Å²) in [5.74, 6) is 0.898. The van der Waals surface area contributed by atoms with E-state index in [1.54, 1.807) is 12.4 Å². The van der Waals surface area contributed by atoms with Gasteiger partial charge in [0.25, 0.3) is 0 Å². The van der Waals surface area contributed by atoms with Crippen molar-refractivity contribution in [3.63, 3.8) is 0 Å². The number of nitrogens with one attached hydrogen (secondary N) is 1. The third-order valence-corrected chi connectivity index (χ3v) is 2.88. The molecule has 1 heterocycles. The number of hydrogen-bond donors (Lipinski definition) is 1. The van der Waals surface area contributed by atoms with Crippen LogP contribution in [0.15, 0.2) is 48.8 Å². The van der Waals surface area contributed by atoms with E-state index in [4.69, 9.17) is 4.74 Å². The maximum absolute atomic E-state index is 5.81. The Morgan fingerprint density at radius 3 is 2.50 bits per heavy atom. The van der Waals surface area contributed by atoms with E-state index in [1.165, 1.54) is 5.56 Å². The summed E-state index contributed by atoms with van der Waals surface area (Å²) in [4.78, 5) is 4.00. The van der Waals surface area contributed by atoms with Crippen molar-refractivity contribution < 1.29 is 4.74 Å². The number of benzene rings is 1. The fraction of sp³-hybridized carbons (Fsp3) is 0.353. The molecule has 0 saturated heterocycles. The molecule has 0 aliphatic rings. The van der Waals surface area contributed by atoms with Gasteiger partial charge < -0.3 is 10.1 Å². The van der Waals surface area contributed by atoms with Crippen LogP contribution in [-0.4, -0.2) is 10.5 Å². The predicted molar refractivity (Wildman–Crippen MR) is 81.6 cm³/mol. The first-order valence-corrected chi connectivity index (χ1v) is 6.89. The van der Waals surface area contributed by atoms with Crippen LogP contribution < -0.4 is 10.1 Å². The van der Waals surface area contributed by atoms with Crippen LogP contribution in [0, 0.1) is 0 Å². The number of rotatable bonds is 5. The molecule has 3 heteroatoms. The molecule has 0 aliphatic heterocycles. The molecule has 0 atom stereocenters. The van der Waals surface area contributed by atoms with Crippen molar-refractivity contribution in [3.8, 4) is 5.75 Å². The maximum atomic E-state index is 5.81. The standard InChI is InChI=1S/C17H22N2O/c1-17(2,3)19-12-15-5-4-6-16(11-15)20-13-14-7-9-18-10-8-14/h4-11,19H,12-13H2,1-3H3. The Hall–Kier alpha value is -1.87. The highest BCUT2D eigenvalue weighted by Crippen LogP contribution is 2.15. The van der Waals surface area contributed by atoms with Gasteiger partial charge >= 0.3 is 0 Å². The molecule has 0 aliphatic carbocycles. The van der Waals surface area contributed by atoms with Gasteiger partial charge in [-0.1, -0.05) is 12.1 Å². The maximum Gasteiger partial charge on any atom is 0.120 e. The Balaban J connectivity index is 1.92. The van der Waals surface area contributed by atoms with Crippen LogP contribution in [0.2, 0.25) is 0 Å². The van der Waals surface area contributed by atoms with Crippen LogP contribution in [0.1, 0.15) is 31.9 Å². The Morgan fingerprint density at radius 1 is 1.05 bits per heavy atom. The zero-order valence-electron chi connectivity index (χ0n) is 12.4. The van der Waals surface area contributed by atoms with E-state index in [-0.39, 0.29) is 5.54 Å². The first-order valence-electron chi connectivity index (χ1n) is 6.89. The van der Waals surface area contributed by atoms with Gasteiger partial charge in [0, 0.05) is 24.5 Å². The molecule has 1 N–H and O–H groups in total. The fourth-order valence-electron chi connectivity index (χ4n) is 1.76. The summed E-state index contributed by atoms with van der Waals surface area (Å²) in [6.07, 6.45) is 3.56. The van der Waals surface area contributed by atoms with Gasteiger partial charge in [0.2, 0.25) is 0 Å². The van der Waals surface area contributed by atoms with E-state index >= 15 is 0 Å². The molecule has 0 saturated carbocycles. The molecule has 0 spiro atoms. The van der Waals surface area contributed by atoms with Gasteiger partial charge in [-0.2, -0.15) is 0 Å². The molecule has 2 aromatic rings. The molecule has 106 valence electrons. The molecule has 0 radical (unpaired) electrons. The zero-order chi connectivity index (χ0) is 14.4. The van der Waals surface area contributed by atoms with Crippen LogP contribution >= 0.6 is 0 Å². The lowest BCUT2D eigenvalue weighted by molar-refractivity contribution is 0.305. The molecular weight excluding hydrogens is 248 g/mol. The predicted octanol–water partition coefficient (Wildman–Crippen LogP) is 3.55. The van der Waals surface area contributed by atoms with Crippen molar-refractivity contribution in [1.82, 2.24) is 10.3 Å². The Morgan fingerprint density at radius 2 is 1.80 bits per heavy atom. The minimum absolute atomic E-state index is 0.119. The van der Waals surface area contributed by atoms with Gasteiger partial charge in [-0.15, -0.1) is 0 Å². The highest BCUT2D eigenvalue weighted by molar-refractivity contribution is 5.29. The van der Waals surface area contributed by atoms with Gasteiger partial charge in [0.1, 0.15) is 12.4 Å². The molecular formula is C17H22N2O. The minimum Gasteiger partial charge on any atom is -0.489 e. The van der Waals surface area contributed by atoms with Gasteiger partial charge in [-0.25, -0.2) is 0 Å². The quantitative estimate of drug-likeness (QED) is 0.902. The van der Waals surface area contributed by atoms with Crippen molar-refractivity contribution in [1.29, 1.82) is 0 Å². The lowest BCUT2D eigenvalue weighted by Crippen LogP contribution is -2.35. The third-order valence-electron chi connectivity index (χ3n) is 2.88. The van der Waals surface area contributed by atoms with Crippen molar-refractivity contribution in [2.45, 2.75) is 39.5 Å². The smallest absolute Gasteiger partial charge is 0.120 e. The monoisotopic (exact) mass is 270 g/mol. The first-order chi connectivity index (χ1) is 9.53. The normalized spacial score (nSPS) is 11.3. The van der Waals surface area contributed by atoms with Crippen molar-refractivity contribution in [3.05, 3.63) is 59.9 Å². The van der Waals surface area contributed by atoms with Gasteiger partial charge in [-0.05, 0) is 56.2 Å². The Bertz CT molecular complexity index is 532. The Kier molecular flexibility index (Phi) is 4.74. The second-order valence-corrected chi connectivity index (χ2v) is 5.90. The number of pyridine rings is 1. The van der Waals surface area contributed by atoms with Gasteiger partial charge in [0.15, 0.2) is 0 Å². The van der Waals surface area contributed by atoms with Crippen molar-refractivity contribution >= 4 is 0 Å². The van der Waals surface area contributed by atoms with E-state index in [2.05, 4.69) is 43.2 Å². The highest BCUT2D eigenvalue weighted by atomic mass is 16.5. The average molecular weight is 270 g/mol. The number of ether oxygens (including phenoxy) is 1. The first kappa shape index (κ1) is 14.5. The van der Waals surface area contributed by atoms with E-state index in [0.29, 0.717) is 6.61 Å². The Labute approximate surface area is 121 Å². The molecule has 0 fully saturated rings. The van der Waals surface area contributed by atoms with Gasteiger partial charge in [0.05, 0.1) is 0 Å². The largest absolute Gasteiger partial charge is 0.489 e. The number of aromatic nitrogens is 1. The number of hydrogen-bond acceptors (Lipinski definition) is 3. The fourth-order valence-corrected chi connectivity index (χ4v) is 1.76. The van der Waals surface area contributed by atoms with E-state index in [0.717, 1.165) is 17.9 Å². The topological polar surface area (TPSA) is 34.1 Å². The van der Waals surface area contributed by atoms with Crippen molar-refractivity contribution in [2.24, 2.45) is 0 Å². The van der Waals surface area contributed by atoms with Crippen LogP contribution in [0.25, 0.3) is 0 Å². The van der Waals surface area contributed by atoms with E-state index in [9.17, 15) is 0 Å². The molecule has 2 rings (SSSR count). The number of nitrogens with zero attached hydrogens (tertiary/aromatic N) is 1. The second kappa shape index (κ2) is 6.53. The van der Waals surface area contributed by atoms with Gasteiger partial charge in [-0.3, -0.25) is 4.98 Å².